The summed E-state index contributed by atoms with van der Waals surface area (Å²) in [5.74, 6) is 0.514. The molecule has 122 valence electrons. The highest BCUT2D eigenvalue weighted by atomic mass is 16.5. The fourth-order valence-electron chi connectivity index (χ4n) is 2.96. The molecule has 1 fully saturated rings. The molecule has 0 aliphatic heterocycles. The summed E-state index contributed by atoms with van der Waals surface area (Å²) in [5, 5.41) is 2.99. The van der Waals surface area contributed by atoms with Gasteiger partial charge in [0.05, 0.1) is 18.0 Å². The highest BCUT2D eigenvalue weighted by Gasteiger charge is 2.38. The number of nitrogens with one attached hydrogen (secondary N) is 1. The predicted octanol–water partition coefficient (Wildman–Crippen LogP) is 3.47. The predicted molar refractivity (Wildman–Crippen MR) is 86.2 cm³/mol. The SMILES string of the molecule is CCOc1ccc(NC(=O)C2(OC)CCCCCC2)c(C)n1. The van der Waals surface area contributed by atoms with Crippen molar-refractivity contribution in [1.29, 1.82) is 0 Å². The number of carbonyl (C=O) groups excluding carboxylic acids is 1. The molecule has 0 spiro atoms. The number of aromatic nitrogens is 1. The minimum atomic E-state index is -0.707. The summed E-state index contributed by atoms with van der Waals surface area (Å²) < 4.78 is 11.0. The van der Waals surface area contributed by atoms with Crippen molar-refractivity contribution in [2.24, 2.45) is 0 Å². The minimum Gasteiger partial charge on any atom is -0.478 e. The van der Waals surface area contributed by atoms with Gasteiger partial charge in [0.1, 0.15) is 5.60 Å². The van der Waals surface area contributed by atoms with Gasteiger partial charge in [-0.1, -0.05) is 25.7 Å². The molecule has 5 heteroatoms. The first-order valence-corrected chi connectivity index (χ1v) is 8.08. The minimum absolute atomic E-state index is 0.0639. The van der Waals surface area contributed by atoms with Crippen LogP contribution in [0.25, 0.3) is 0 Å². The lowest BCUT2D eigenvalue weighted by atomic mass is 9.93. The monoisotopic (exact) mass is 306 g/mol. The van der Waals surface area contributed by atoms with E-state index in [9.17, 15) is 4.79 Å². The van der Waals surface area contributed by atoms with E-state index in [0.717, 1.165) is 31.4 Å². The summed E-state index contributed by atoms with van der Waals surface area (Å²) in [5.41, 5.74) is 0.759. The summed E-state index contributed by atoms with van der Waals surface area (Å²) in [6, 6.07) is 3.62. The first-order chi connectivity index (χ1) is 10.6. The Bertz CT molecular complexity index is 509. The molecule has 0 aromatic carbocycles. The smallest absolute Gasteiger partial charge is 0.256 e. The number of aryl methyl sites for hydroxylation is 1. The third-order valence-electron chi connectivity index (χ3n) is 4.32. The maximum absolute atomic E-state index is 12.7. The van der Waals surface area contributed by atoms with E-state index in [0.29, 0.717) is 18.2 Å². The molecule has 1 aromatic rings. The van der Waals surface area contributed by atoms with Crippen LogP contribution in [0.3, 0.4) is 0 Å². The maximum atomic E-state index is 12.7. The van der Waals surface area contributed by atoms with Crippen LogP contribution in [0.5, 0.6) is 5.88 Å². The molecule has 1 amide bonds. The van der Waals surface area contributed by atoms with E-state index >= 15 is 0 Å². The van der Waals surface area contributed by atoms with Crippen molar-refractivity contribution in [3.8, 4) is 5.88 Å². The van der Waals surface area contributed by atoms with Crippen molar-refractivity contribution in [2.45, 2.75) is 58.0 Å². The fraction of sp³-hybridized carbons (Fsp3) is 0.647. The van der Waals surface area contributed by atoms with Crippen LogP contribution < -0.4 is 10.1 Å². The molecular formula is C17H26N2O3. The van der Waals surface area contributed by atoms with Crippen molar-refractivity contribution in [1.82, 2.24) is 4.98 Å². The van der Waals surface area contributed by atoms with Gasteiger partial charge in [-0.2, -0.15) is 0 Å². The summed E-state index contributed by atoms with van der Waals surface area (Å²) in [7, 11) is 1.63. The second-order valence-electron chi connectivity index (χ2n) is 5.78. The van der Waals surface area contributed by atoms with Gasteiger partial charge in [0.15, 0.2) is 0 Å². The molecule has 0 bridgehead atoms. The second-order valence-corrected chi connectivity index (χ2v) is 5.78. The van der Waals surface area contributed by atoms with E-state index in [1.165, 1.54) is 12.8 Å². The van der Waals surface area contributed by atoms with Crippen molar-refractivity contribution >= 4 is 11.6 Å². The molecule has 1 aliphatic carbocycles. The molecule has 0 radical (unpaired) electrons. The Labute approximate surface area is 132 Å². The van der Waals surface area contributed by atoms with E-state index in [-0.39, 0.29) is 5.91 Å². The van der Waals surface area contributed by atoms with Crippen LogP contribution in [-0.4, -0.2) is 30.2 Å². The summed E-state index contributed by atoms with van der Waals surface area (Å²) in [6.45, 7) is 4.36. The standard InChI is InChI=1S/C17H26N2O3/c1-4-22-15-10-9-14(13(2)18-15)19-16(20)17(21-3)11-7-5-6-8-12-17/h9-10H,4-8,11-12H2,1-3H3,(H,19,20). The Kier molecular flexibility index (Phi) is 5.77. The number of rotatable bonds is 5. The van der Waals surface area contributed by atoms with E-state index in [1.807, 2.05) is 19.9 Å². The molecule has 0 unspecified atom stereocenters. The topological polar surface area (TPSA) is 60.5 Å². The highest BCUT2D eigenvalue weighted by Crippen LogP contribution is 2.31. The molecule has 5 nitrogen and oxygen atoms in total. The zero-order valence-corrected chi connectivity index (χ0v) is 13.8. The van der Waals surface area contributed by atoms with Gasteiger partial charge in [-0.25, -0.2) is 4.98 Å². The quantitative estimate of drug-likeness (QED) is 0.846. The van der Waals surface area contributed by atoms with Crippen molar-refractivity contribution in [3.63, 3.8) is 0 Å². The van der Waals surface area contributed by atoms with E-state index in [1.54, 1.807) is 13.2 Å². The van der Waals surface area contributed by atoms with Gasteiger partial charge < -0.3 is 14.8 Å². The highest BCUT2D eigenvalue weighted by molar-refractivity contribution is 5.97. The zero-order chi connectivity index (χ0) is 16.0. The molecule has 2 rings (SSSR count). The average Bonchev–Trinajstić information content (AvgIpc) is 2.76. The third-order valence-corrected chi connectivity index (χ3v) is 4.32. The molecule has 0 saturated heterocycles. The molecule has 1 heterocycles. The van der Waals surface area contributed by atoms with Gasteiger partial charge in [-0.05, 0) is 32.8 Å². The lowest BCUT2D eigenvalue weighted by Gasteiger charge is -2.30. The first kappa shape index (κ1) is 16.7. The number of hydrogen-bond acceptors (Lipinski definition) is 4. The van der Waals surface area contributed by atoms with Gasteiger partial charge in [0, 0.05) is 13.2 Å². The molecular weight excluding hydrogens is 280 g/mol. The Balaban J connectivity index is 2.12. The van der Waals surface area contributed by atoms with E-state index < -0.39 is 5.60 Å². The number of nitrogens with zero attached hydrogens (tertiary/aromatic N) is 1. The van der Waals surface area contributed by atoms with Crippen LogP contribution in [0, 0.1) is 6.92 Å². The second kappa shape index (κ2) is 7.58. The Morgan fingerprint density at radius 2 is 1.95 bits per heavy atom. The number of pyridine rings is 1. The van der Waals surface area contributed by atoms with Crippen LogP contribution in [-0.2, 0) is 9.53 Å². The molecule has 1 aromatic heterocycles. The summed E-state index contributed by atoms with van der Waals surface area (Å²) >= 11 is 0. The van der Waals surface area contributed by atoms with Crippen LogP contribution in [0.2, 0.25) is 0 Å². The van der Waals surface area contributed by atoms with E-state index in [2.05, 4.69) is 10.3 Å². The van der Waals surface area contributed by atoms with Crippen LogP contribution >= 0.6 is 0 Å². The Hall–Kier alpha value is -1.62. The van der Waals surface area contributed by atoms with Crippen molar-refractivity contribution < 1.29 is 14.3 Å². The third kappa shape index (κ3) is 3.77. The first-order valence-electron chi connectivity index (χ1n) is 8.08. The Morgan fingerprint density at radius 3 is 2.50 bits per heavy atom. The van der Waals surface area contributed by atoms with Gasteiger partial charge in [0.2, 0.25) is 5.88 Å². The summed E-state index contributed by atoms with van der Waals surface area (Å²) in [4.78, 5) is 17.1. The molecule has 22 heavy (non-hydrogen) atoms. The number of methoxy groups -OCH3 is 1. The number of anilines is 1. The number of carbonyl (C=O) groups is 1. The van der Waals surface area contributed by atoms with Crippen molar-refractivity contribution in [3.05, 3.63) is 17.8 Å². The normalized spacial score (nSPS) is 17.6. The van der Waals surface area contributed by atoms with Crippen molar-refractivity contribution in [2.75, 3.05) is 19.0 Å². The lowest BCUT2D eigenvalue weighted by Crippen LogP contribution is -2.44. The average molecular weight is 306 g/mol. The Morgan fingerprint density at radius 1 is 1.27 bits per heavy atom. The lowest BCUT2D eigenvalue weighted by molar-refractivity contribution is -0.139. The van der Waals surface area contributed by atoms with E-state index in [4.69, 9.17) is 9.47 Å². The maximum Gasteiger partial charge on any atom is 0.256 e. The summed E-state index contributed by atoms with van der Waals surface area (Å²) in [6.07, 6.45) is 5.95. The van der Waals surface area contributed by atoms with Crippen LogP contribution in [0.4, 0.5) is 5.69 Å². The molecule has 0 atom stereocenters. The van der Waals surface area contributed by atoms with Crippen LogP contribution in [0.1, 0.15) is 51.1 Å². The number of hydrogen-bond donors (Lipinski definition) is 1. The largest absolute Gasteiger partial charge is 0.478 e. The molecule has 1 N–H and O–H groups in total. The van der Waals surface area contributed by atoms with Crippen LogP contribution in [0.15, 0.2) is 12.1 Å². The fourth-order valence-corrected chi connectivity index (χ4v) is 2.96. The van der Waals surface area contributed by atoms with Gasteiger partial charge in [0.25, 0.3) is 5.91 Å². The molecule has 1 saturated carbocycles. The number of amides is 1. The molecule has 1 aliphatic rings. The number of ether oxygens (including phenoxy) is 2. The van der Waals surface area contributed by atoms with Gasteiger partial charge in [-0.3, -0.25) is 4.79 Å². The van der Waals surface area contributed by atoms with Gasteiger partial charge in [-0.15, -0.1) is 0 Å². The zero-order valence-electron chi connectivity index (χ0n) is 13.8. The van der Waals surface area contributed by atoms with Gasteiger partial charge >= 0.3 is 0 Å².